The Morgan fingerprint density at radius 3 is 2.46 bits per heavy atom. The van der Waals surface area contributed by atoms with Crippen molar-refractivity contribution in [3.05, 3.63) is 54.6 Å². The number of sulfone groups is 1. The second-order valence-electron chi connectivity index (χ2n) is 6.67. The molecule has 0 saturated carbocycles. The number of rotatable bonds is 5. The predicted molar refractivity (Wildman–Crippen MR) is 108 cm³/mol. The van der Waals surface area contributed by atoms with E-state index in [9.17, 15) is 13.2 Å². The van der Waals surface area contributed by atoms with E-state index in [1.807, 2.05) is 24.3 Å². The molecule has 0 aliphatic carbocycles. The maximum atomic E-state index is 12.7. The Labute approximate surface area is 167 Å². The van der Waals surface area contributed by atoms with Gasteiger partial charge < -0.3 is 9.32 Å². The van der Waals surface area contributed by atoms with E-state index in [2.05, 4.69) is 4.98 Å². The monoisotopic (exact) mass is 416 g/mol. The molecule has 1 aromatic heterocycles. The van der Waals surface area contributed by atoms with Gasteiger partial charge in [-0.3, -0.25) is 4.79 Å². The highest BCUT2D eigenvalue weighted by molar-refractivity contribution is 7.99. The molecule has 1 aliphatic rings. The van der Waals surface area contributed by atoms with Crippen molar-refractivity contribution in [3.63, 3.8) is 0 Å². The molecule has 8 heteroatoms. The zero-order valence-corrected chi connectivity index (χ0v) is 16.8. The maximum absolute atomic E-state index is 12.7. The fraction of sp³-hybridized carbons (Fsp3) is 0.300. The van der Waals surface area contributed by atoms with Crippen molar-refractivity contribution in [1.82, 2.24) is 9.88 Å². The van der Waals surface area contributed by atoms with Crippen LogP contribution in [0.25, 0.3) is 11.1 Å². The minimum Gasteiger partial charge on any atom is -0.431 e. The van der Waals surface area contributed by atoms with E-state index in [0.29, 0.717) is 41.6 Å². The summed E-state index contributed by atoms with van der Waals surface area (Å²) in [4.78, 5) is 18.9. The third kappa shape index (κ3) is 3.93. The van der Waals surface area contributed by atoms with E-state index in [1.165, 1.54) is 11.8 Å². The number of fused-ring (bicyclic) bond motifs is 1. The Morgan fingerprint density at radius 1 is 1.07 bits per heavy atom. The van der Waals surface area contributed by atoms with E-state index < -0.39 is 15.1 Å². The first-order chi connectivity index (χ1) is 13.5. The van der Waals surface area contributed by atoms with Crippen LogP contribution >= 0.6 is 11.8 Å². The van der Waals surface area contributed by atoms with Crippen LogP contribution in [0.1, 0.15) is 12.8 Å². The van der Waals surface area contributed by atoms with Crippen molar-refractivity contribution in [2.24, 2.45) is 0 Å². The van der Waals surface area contributed by atoms with Crippen molar-refractivity contribution in [1.29, 1.82) is 0 Å². The van der Waals surface area contributed by atoms with Crippen molar-refractivity contribution in [2.45, 2.75) is 28.2 Å². The zero-order valence-electron chi connectivity index (χ0n) is 15.2. The number of aromatic nitrogens is 1. The van der Waals surface area contributed by atoms with Crippen LogP contribution in [0.4, 0.5) is 0 Å². The first kappa shape index (κ1) is 19.0. The molecular formula is C20H20N2O4S2. The number of amides is 1. The van der Waals surface area contributed by atoms with Crippen LogP contribution in [-0.2, 0) is 14.6 Å². The summed E-state index contributed by atoms with van der Waals surface area (Å²) in [6, 6.07) is 16.0. The zero-order chi connectivity index (χ0) is 19.6. The number of oxazole rings is 1. The number of carbonyl (C=O) groups excluding carboxylic acids is 1. The van der Waals surface area contributed by atoms with Gasteiger partial charge in [-0.2, -0.15) is 0 Å². The van der Waals surface area contributed by atoms with Crippen LogP contribution in [0, 0.1) is 0 Å². The van der Waals surface area contributed by atoms with E-state index in [1.54, 1.807) is 35.2 Å². The Balaban J connectivity index is 1.32. The fourth-order valence-corrected chi connectivity index (χ4v) is 5.84. The standard InChI is InChI=1S/C20H20N2O4S2/c23-19(14-27-20-21-17-8-4-5-9-18(17)26-20)22-12-10-16(11-13-22)28(24,25)15-6-2-1-3-7-15/h1-9,16H,10-14H2. The first-order valence-corrected chi connectivity index (χ1v) is 11.6. The number of hydrogen-bond donors (Lipinski definition) is 0. The van der Waals surface area contributed by atoms with Crippen LogP contribution in [-0.4, -0.2) is 48.3 Å². The summed E-state index contributed by atoms with van der Waals surface area (Å²) in [6.07, 6.45) is 0.910. The highest BCUT2D eigenvalue weighted by Crippen LogP contribution is 2.26. The first-order valence-electron chi connectivity index (χ1n) is 9.09. The molecule has 4 rings (SSSR count). The fourth-order valence-electron chi connectivity index (χ4n) is 3.35. The van der Waals surface area contributed by atoms with Crippen molar-refractivity contribution < 1.29 is 17.6 Å². The Hall–Kier alpha value is -2.32. The molecule has 1 saturated heterocycles. The summed E-state index contributed by atoms with van der Waals surface area (Å²) in [5.74, 6) is 0.200. The molecule has 28 heavy (non-hydrogen) atoms. The number of hydrogen-bond acceptors (Lipinski definition) is 6. The molecule has 0 N–H and O–H groups in total. The summed E-state index contributed by atoms with van der Waals surface area (Å²) in [7, 11) is -3.35. The normalized spacial score (nSPS) is 15.8. The van der Waals surface area contributed by atoms with Crippen molar-refractivity contribution in [2.75, 3.05) is 18.8 Å². The highest BCUT2D eigenvalue weighted by atomic mass is 32.2. The second kappa shape index (κ2) is 7.97. The Kier molecular flexibility index (Phi) is 5.41. The average Bonchev–Trinajstić information content (AvgIpc) is 3.16. The van der Waals surface area contributed by atoms with Gasteiger partial charge in [0.15, 0.2) is 15.4 Å². The van der Waals surface area contributed by atoms with Gasteiger partial charge in [0.2, 0.25) is 5.91 Å². The number of thioether (sulfide) groups is 1. The number of para-hydroxylation sites is 2. The summed E-state index contributed by atoms with van der Waals surface area (Å²) in [5.41, 5.74) is 1.47. The lowest BCUT2D eigenvalue weighted by molar-refractivity contribution is -0.129. The Morgan fingerprint density at radius 2 is 1.75 bits per heavy atom. The third-order valence-corrected chi connectivity index (χ3v) is 7.99. The van der Waals surface area contributed by atoms with Gasteiger partial charge in [-0.05, 0) is 37.1 Å². The topological polar surface area (TPSA) is 80.5 Å². The Bertz CT molecular complexity index is 1040. The number of carbonyl (C=O) groups is 1. The molecule has 0 bridgehead atoms. The minimum atomic E-state index is -3.35. The summed E-state index contributed by atoms with van der Waals surface area (Å²) >= 11 is 1.26. The average molecular weight is 417 g/mol. The summed E-state index contributed by atoms with van der Waals surface area (Å²) < 4.78 is 31.1. The molecule has 0 radical (unpaired) electrons. The van der Waals surface area contributed by atoms with Gasteiger partial charge in [0.05, 0.1) is 15.9 Å². The summed E-state index contributed by atoms with van der Waals surface area (Å²) in [6.45, 7) is 0.896. The maximum Gasteiger partial charge on any atom is 0.257 e. The lowest BCUT2D eigenvalue weighted by Crippen LogP contribution is -2.43. The van der Waals surface area contributed by atoms with Gasteiger partial charge in [-0.25, -0.2) is 13.4 Å². The molecule has 0 spiro atoms. The molecule has 1 fully saturated rings. The third-order valence-electron chi connectivity index (χ3n) is 4.90. The van der Waals surface area contributed by atoms with Crippen LogP contribution in [0.15, 0.2) is 69.1 Å². The van der Waals surface area contributed by atoms with Crippen LogP contribution in [0.3, 0.4) is 0 Å². The second-order valence-corrected chi connectivity index (χ2v) is 9.83. The smallest absolute Gasteiger partial charge is 0.257 e. The number of benzene rings is 2. The van der Waals surface area contributed by atoms with E-state index >= 15 is 0 Å². The molecule has 6 nitrogen and oxygen atoms in total. The van der Waals surface area contributed by atoms with Crippen LogP contribution in [0.2, 0.25) is 0 Å². The highest BCUT2D eigenvalue weighted by Gasteiger charge is 2.32. The lowest BCUT2D eigenvalue weighted by Gasteiger charge is -2.31. The van der Waals surface area contributed by atoms with Gasteiger partial charge in [-0.1, -0.05) is 42.1 Å². The van der Waals surface area contributed by atoms with Crippen LogP contribution < -0.4 is 0 Å². The van der Waals surface area contributed by atoms with Crippen LogP contribution in [0.5, 0.6) is 0 Å². The van der Waals surface area contributed by atoms with Gasteiger partial charge in [0.25, 0.3) is 5.22 Å². The van der Waals surface area contributed by atoms with Gasteiger partial charge in [0, 0.05) is 13.1 Å². The van der Waals surface area contributed by atoms with Gasteiger partial charge in [0.1, 0.15) is 5.52 Å². The quantitative estimate of drug-likeness (QED) is 0.593. The molecule has 1 aliphatic heterocycles. The molecule has 2 aromatic carbocycles. The van der Waals surface area contributed by atoms with E-state index in [4.69, 9.17) is 4.42 Å². The number of nitrogens with zero attached hydrogens (tertiary/aromatic N) is 2. The molecular weight excluding hydrogens is 396 g/mol. The van der Waals surface area contributed by atoms with Gasteiger partial charge >= 0.3 is 0 Å². The number of piperidine rings is 1. The SMILES string of the molecule is O=C(CSc1nc2ccccc2o1)N1CCC(S(=O)(=O)c2ccccc2)CC1. The van der Waals surface area contributed by atoms with Gasteiger partial charge in [-0.15, -0.1) is 0 Å². The minimum absolute atomic E-state index is 0.0252. The molecule has 1 amide bonds. The van der Waals surface area contributed by atoms with E-state index in [-0.39, 0.29) is 11.7 Å². The lowest BCUT2D eigenvalue weighted by atomic mass is 10.1. The molecule has 2 heterocycles. The molecule has 3 aromatic rings. The summed E-state index contributed by atoms with van der Waals surface area (Å²) in [5, 5.41) is 0.0275. The molecule has 0 unspecified atom stereocenters. The molecule has 0 atom stereocenters. The molecule has 146 valence electrons. The van der Waals surface area contributed by atoms with Crippen molar-refractivity contribution in [3.8, 4) is 0 Å². The van der Waals surface area contributed by atoms with Crippen molar-refractivity contribution >= 4 is 38.6 Å². The largest absolute Gasteiger partial charge is 0.431 e. The predicted octanol–water partition coefficient (Wildman–Crippen LogP) is 3.38. The number of likely N-dealkylation sites (tertiary alicyclic amines) is 1. The van der Waals surface area contributed by atoms with E-state index in [0.717, 1.165) is 5.52 Å².